The number of hydrogen-bond acceptors (Lipinski definition) is 5. The minimum absolute atomic E-state index is 0.0715. The molecule has 0 aliphatic heterocycles. The van der Waals surface area contributed by atoms with Crippen LogP contribution >= 0.6 is 0 Å². The molecule has 0 unspecified atom stereocenters. The fourth-order valence-electron chi connectivity index (χ4n) is 2.34. The molecule has 0 amide bonds. The number of benzene rings is 2. The topological polar surface area (TPSA) is 79.9 Å². The Hall–Kier alpha value is -2.95. The number of ether oxygens (including phenoxy) is 1. The summed E-state index contributed by atoms with van der Waals surface area (Å²) in [6.45, 7) is 3.88. The smallest absolute Gasteiger partial charge is 0.200 e. The van der Waals surface area contributed by atoms with Gasteiger partial charge < -0.3 is 19.4 Å². The molecule has 0 fully saturated rings. The summed E-state index contributed by atoms with van der Waals surface area (Å²) in [5, 5.41) is 19.3. The van der Waals surface area contributed by atoms with Crippen molar-refractivity contribution in [2.45, 2.75) is 20.0 Å². The third-order valence-electron chi connectivity index (χ3n) is 3.41. The SMILES string of the molecule is CC(C)Oc1ccc(-c2coc3cc(O)c(O)cc3c2=O)cc1. The van der Waals surface area contributed by atoms with E-state index < -0.39 is 0 Å². The second-order valence-corrected chi connectivity index (χ2v) is 5.51. The van der Waals surface area contributed by atoms with Crippen molar-refractivity contribution in [1.29, 1.82) is 0 Å². The van der Waals surface area contributed by atoms with Crippen molar-refractivity contribution < 1.29 is 19.4 Å². The summed E-state index contributed by atoms with van der Waals surface area (Å²) in [6, 6.07) is 9.54. The number of aromatic hydroxyl groups is 2. The lowest BCUT2D eigenvalue weighted by atomic mass is 10.1. The summed E-state index contributed by atoms with van der Waals surface area (Å²) in [5.74, 6) is 0.0303. The molecule has 0 saturated carbocycles. The third-order valence-corrected chi connectivity index (χ3v) is 3.41. The molecule has 1 heterocycles. The third kappa shape index (κ3) is 2.85. The summed E-state index contributed by atoms with van der Waals surface area (Å²) < 4.78 is 11.0. The molecule has 0 spiro atoms. The zero-order valence-corrected chi connectivity index (χ0v) is 12.7. The monoisotopic (exact) mass is 312 g/mol. The van der Waals surface area contributed by atoms with Crippen LogP contribution in [0.1, 0.15) is 13.8 Å². The first-order valence-electron chi connectivity index (χ1n) is 7.20. The second-order valence-electron chi connectivity index (χ2n) is 5.51. The molecular weight excluding hydrogens is 296 g/mol. The lowest BCUT2D eigenvalue weighted by molar-refractivity contribution is 0.242. The molecule has 3 rings (SSSR count). The van der Waals surface area contributed by atoms with Crippen LogP contribution in [0.15, 0.2) is 51.9 Å². The normalized spacial score (nSPS) is 11.1. The molecule has 0 radical (unpaired) electrons. The summed E-state index contributed by atoms with van der Waals surface area (Å²) >= 11 is 0. The zero-order chi connectivity index (χ0) is 16.6. The maximum absolute atomic E-state index is 12.6. The fourth-order valence-corrected chi connectivity index (χ4v) is 2.34. The molecular formula is C18H16O5. The molecule has 0 aliphatic rings. The summed E-state index contributed by atoms with van der Waals surface area (Å²) in [6.07, 6.45) is 1.42. The lowest BCUT2D eigenvalue weighted by Gasteiger charge is -2.10. The highest BCUT2D eigenvalue weighted by atomic mass is 16.5. The molecule has 118 valence electrons. The van der Waals surface area contributed by atoms with Gasteiger partial charge in [0.2, 0.25) is 5.43 Å². The Morgan fingerprint density at radius 1 is 1.04 bits per heavy atom. The van der Waals surface area contributed by atoms with Gasteiger partial charge in [0.15, 0.2) is 11.5 Å². The highest BCUT2D eigenvalue weighted by molar-refractivity contribution is 5.84. The van der Waals surface area contributed by atoms with Crippen molar-refractivity contribution in [1.82, 2.24) is 0 Å². The van der Waals surface area contributed by atoms with Crippen molar-refractivity contribution >= 4 is 11.0 Å². The van der Waals surface area contributed by atoms with Crippen molar-refractivity contribution in [2.24, 2.45) is 0 Å². The van der Waals surface area contributed by atoms with Gasteiger partial charge in [-0.3, -0.25) is 4.79 Å². The van der Waals surface area contributed by atoms with Gasteiger partial charge in [-0.15, -0.1) is 0 Å². The number of hydrogen-bond donors (Lipinski definition) is 2. The van der Waals surface area contributed by atoms with E-state index in [9.17, 15) is 15.0 Å². The van der Waals surface area contributed by atoms with Crippen LogP contribution in [0.4, 0.5) is 0 Å². The van der Waals surface area contributed by atoms with Gasteiger partial charge in [0.1, 0.15) is 17.6 Å². The zero-order valence-electron chi connectivity index (χ0n) is 12.7. The number of phenols is 2. The Morgan fingerprint density at radius 2 is 1.70 bits per heavy atom. The average Bonchev–Trinajstić information content (AvgIpc) is 2.50. The van der Waals surface area contributed by atoms with Crippen LogP contribution < -0.4 is 10.2 Å². The van der Waals surface area contributed by atoms with Crippen LogP contribution in [-0.2, 0) is 0 Å². The summed E-state index contributed by atoms with van der Waals surface area (Å²) in [7, 11) is 0. The van der Waals surface area contributed by atoms with Gasteiger partial charge in [-0.1, -0.05) is 12.1 Å². The highest BCUT2D eigenvalue weighted by Crippen LogP contribution is 2.30. The average molecular weight is 312 g/mol. The van der Waals surface area contributed by atoms with E-state index in [2.05, 4.69) is 0 Å². The second kappa shape index (κ2) is 5.68. The molecule has 0 atom stereocenters. The minimum Gasteiger partial charge on any atom is -0.504 e. The Bertz CT molecular complexity index is 907. The minimum atomic E-state index is -0.359. The van der Waals surface area contributed by atoms with E-state index in [0.717, 1.165) is 5.75 Å². The van der Waals surface area contributed by atoms with E-state index in [1.165, 1.54) is 18.4 Å². The van der Waals surface area contributed by atoms with Crippen molar-refractivity contribution in [3.63, 3.8) is 0 Å². The quantitative estimate of drug-likeness (QED) is 0.721. The Labute approximate surface area is 132 Å². The van der Waals surface area contributed by atoms with E-state index in [-0.39, 0.29) is 34.0 Å². The maximum atomic E-state index is 12.6. The van der Waals surface area contributed by atoms with Gasteiger partial charge in [-0.2, -0.15) is 0 Å². The van der Waals surface area contributed by atoms with Crippen molar-refractivity contribution in [3.05, 3.63) is 52.9 Å². The number of phenolic OH excluding ortho intramolecular Hbond substituents is 2. The molecule has 2 N–H and O–H groups in total. The first-order valence-corrected chi connectivity index (χ1v) is 7.20. The maximum Gasteiger partial charge on any atom is 0.200 e. The standard InChI is InChI=1S/C18H16O5/c1-10(2)23-12-5-3-11(4-6-12)14-9-22-17-8-16(20)15(19)7-13(17)18(14)21/h3-10,19-20H,1-2H3. The first-order chi connectivity index (χ1) is 11.0. The molecule has 1 aromatic heterocycles. The predicted octanol–water partition coefficient (Wildman–Crippen LogP) is 3.66. The van der Waals surface area contributed by atoms with Gasteiger partial charge >= 0.3 is 0 Å². The van der Waals surface area contributed by atoms with Gasteiger partial charge in [0, 0.05) is 6.07 Å². The van der Waals surface area contributed by atoms with Gasteiger partial charge in [0.05, 0.1) is 17.1 Å². The van der Waals surface area contributed by atoms with Crippen LogP contribution in [0.3, 0.4) is 0 Å². The largest absolute Gasteiger partial charge is 0.504 e. The predicted molar refractivity (Wildman–Crippen MR) is 87.0 cm³/mol. The van der Waals surface area contributed by atoms with E-state index in [1.807, 2.05) is 13.8 Å². The molecule has 5 heteroatoms. The van der Waals surface area contributed by atoms with E-state index in [4.69, 9.17) is 9.15 Å². The molecule has 23 heavy (non-hydrogen) atoms. The van der Waals surface area contributed by atoms with E-state index in [0.29, 0.717) is 11.1 Å². The van der Waals surface area contributed by atoms with Crippen LogP contribution in [0, 0.1) is 0 Å². The molecule has 0 saturated heterocycles. The Morgan fingerprint density at radius 3 is 2.35 bits per heavy atom. The van der Waals surface area contributed by atoms with Crippen LogP contribution in [0.25, 0.3) is 22.1 Å². The molecule has 2 aromatic carbocycles. The van der Waals surface area contributed by atoms with Crippen LogP contribution in [0.2, 0.25) is 0 Å². The van der Waals surface area contributed by atoms with Gasteiger partial charge in [-0.05, 0) is 37.6 Å². The van der Waals surface area contributed by atoms with Crippen LogP contribution in [0.5, 0.6) is 17.2 Å². The van der Waals surface area contributed by atoms with Crippen molar-refractivity contribution in [2.75, 3.05) is 0 Å². The Balaban J connectivity index is 2.08. The summed E-state index contributed by atoms with van der Waals surface area (Å²) in [4.78, 5) is 12.6. The molecule has 0 aliphatic carbocycles. The lowest BCUT2D eigenvalue weighted by Crippen LogP contribution is -2.06. The van der Waals surface area contributed by atoms with Gasteiger partial charge in [-0.25, -0.2) is 0 Å². The molecule has 5 nitrogen and oxygen atoms in total. The summed E-state index contributed by atoms with van der Waals surface area (Å²) in [5.41, 5.74) is 0.996. The number of rotatable bonds is 3. The fraction of sp³-hybridized carbons (Fsp3) is 0.167. The van der Waals surface area contributed by atoms with Crippen molar-refractivity contribution in [3.8, 4) is 28.4 Å². The Kier molecular flexibility index (Phi) is 3.70. The number of fused-ring (bicyclic) bond motifs is 1. The first kappa shape index (κ1) is 15.0. The highest BCUT2D eigenvalue weighted by Gasteiger charge is 2.12. The van der Waals surface area contributed by atoms with E-state index in [1.54, 1.807) is 24.3 Å². The molecule has 3 aromatic rings. The van der Waals surface area contributed by atoms with Crippen LogP contribution in [-0.4, -0.2) is 16.3 Å². The molecule has 0 bridgehead atoms. The van der Waals surface area contributed by atoms with Gasteiger partial charge in [0.25, 0.3) is 0 Å². The van der Waals surface area contributed by atoms with E-state index >= 15 is 0 Å².